The molecule has 4 heteroatoms. The third-order valence-corrected chi connectivity index (χ3v) is 4.06. The number of anilines is 1. The van der Waals surface area contributed by atoms with Crippen molar-refractivity contribution in [1.82, 2.24) is 10.3 Å². The molecule has 106 valence electrons. The zero-order valence-corrected chi connectivity index (χ0v) is 12.2. The van der Waals surface area contributed by atoms with E-state index in [9.17, 15) is 0 Å². The van der Waals surface area contributed by atoms with Crippen LogP contribution in [0, 0.1) is 0 Å². The van der Waals surface area contributed by atoms with Gasteiger partial charge >= 0.3 is 0 Å². The molecule has 0 aliphatic heterocycles. The topological polar surface area (TPSA) is 37.4 Å². The largest absolute Gasteiger partial charge is 0.495 e. The monoisotopic (exact) mass is 263 g/mol. The molecule has 1 aromatic heterocycles. The molecule has 4 nitrogen and oxygen atoms in total. The van der Waals surface area contributed by atoms with Crippen LogP contribution in [0.2, 0.25) is 0 Å². The van der Waals surface area contributed by atoms with Gasteiger partial charge in [0.05, 0.1) is 13.3 Å². The Bertz CT molecular complexity index is 371. The van der Waals surface area contributed by atoms with Gasteiger partial charge in [-0.3, -0.25) is 0 Å². The van der Waals surface area contributed by atoms with Crippen molar-refractivity contribution in [1.29, 1.82) is 0 Å². The minimum atomic E-state index is 0.607. The summed E-state index contributed by atoms with van der Waals surface area (Å²) in [6, 6.07) is 5.33. The first kappa shape index (κ1) is 14.1. The van der Waals surface area contributed by atoms with Crippen LogP contribution in [0.3, 0.4) is 0 Å². The number of methoxy groups -OCH3 is 1. The highest BCUT2D eigenvalue weighted by atomic mass is 16.5. The molecule has 0 aromatic carbocycles. The summed E-state index contributed by atoms with van der Waals surface area (Å²) in [6.45, 7) is 3.25. The summed E-state index contributed by atoms with van der Waals surface area (Å²) in [7, 11) is 3.81. The Kier molecular flexibility index (Phi) is 5.02. The van der Waals surface area contributed by atoms with E-state index in [0.717, 1.165) is 18.1 Å². The third kappa shape index (κ3) is 3.60. The molecule has 0 spiro atoms. The summed E-state index contributed by atoms with van der Waals surface area (Å²) in [5, 5.41) is 3.55. The normalized spacial score (nSPS) is 23.1. The lowest BCUT2D eigenvalue weighted by atomic mass is 9.90. The van der Waals surface area contributed by atoms with Gasteiger partial charge in [0.15, 0.2) is 0 Å². The predicted molar refractivity (Wildman–Crippen MR) is 78.9 cm³/mol. The van der Waals surface area contributed by atoms with Crippen LogP contribution in [0.4, 0.5) is 5.82 Å². The lowest BCUT2D eigenvalue weighted by Gasteiger charge is -2.35. The number of pyridine rings is 1. The van der Waals surface area contributed by atoms with Gasteiger partial charge < -0.3 is 15.0 Å². The molecule has 19 heavy (non-hydrogen) atoms. The van der Waals surface area contributed by atoms with Gasteiger partial charge in [0, 0.05) is 19.1 Å². The third-order valence-electron chi connectivity index (χ3n) is 4.06. The number of nitrogens with zero attached hydrogens (tertiary/aromatic N) is 2. The highest BCUT2D eigenvalue weighted by Gasteiger charge is 2.24. The molecular weight excluding hydrogens is 238 g/mol. The van der Waals surface area contributed by atoms with E-state index in [4.69, 9.17) is 4.74 Å². The Morgan fingerprint density at radius 3 is 2.58 bits per heavy atom. The van der Waals surface area contributed by atoms with Crippen LogP contribution in [0.15, 0.2) is 18.3 Å². The van der Waals surface area contributed by atoms with Gasteiger partial charge in [0.25, 0.3) is 0 Å². The Morgan fingerprint density at radius 1 is 1.32 bits per heavy atom. The van der Waals surface area contributed by atoms with Crippen molar-refractivity contribution in [2.24, 2.45) is 0 Å². The summed E-state index contributed by atoms with van der Waals surface area (Å²) in [6.07, 6.45) is 6.79. The second-order valence-corrected chi connectivity index (χ2v) is 5.23. The molecule has 0 unspecified atom stereocenters. The fourth-order valence-electron chi connectivity index (χ4n) is 2.84. The Balaban J connectivity index is 1.91. The molecule has 0 radical (unpaired) electrons. The van der Waals surface area contributed by atoms with Gasteiger partial charge in [-0.05, 0) is 44.4 Å². The van der Waals surface area contributed by atoms with Gasteiger partial charge in [-0.25, -0.2) is 4.98 Å². The molecular formula is C15H25N3O. The van der Waals surface area contributed by atoms with Crippen LogP contribution in [0.1, 0.15) is 32.6 Å². The molecule has 1 N–H and O–H groups in total. The van der Waals surface area contributed by atoms with E-state index in [0.29, 0.717) is 12.1 Å². The van der Waals surface area contributed by atoms with E-state index >= 15 is 0 Å². The second kappa shape index (κ2) is 6.75. The number of nitrogens with one attached hydrogen (secondary N) is 1. The minimum absolute atomic E-state index is 0.607. The summed E-state index contributed by atoms with van der Waals surface area (Å²) >= 11 is 0. The molecule has 0 bridgehead atoms. The fourth-order valence-corrected chi connectivity index (χ4v) is 2.84. The molecule has 1 fully saturated rings. The van der Waals surface area contributed by atoms with Crippen LogP contribution in [0.25, 0.3) is 0 Å². The summed E-state index contributed by atoms with van der Waals surface area (Å²) in [5.41, 5.74) is 0. The van der Waals surface area contributed by atoms with Crippen LogP contribution in [0.5, 0.6) is 5.75 Å². The highest BCUT2D eigenvalue weighted by Crippen LogP contribution is 2.26. The zero-order valence-electron chi connectivity index (χ0n) is 12.2. The van der Waals surface area contributed by atoms with Crippen molar-refractivity contribution in [3.05, 3.63) is 18.3 Å². The fraction of sp³-hybridized carbons (Fsp3) is 0.667. The van der Waals surface area contributed by atoms with Crippen molar-refractivity contribution < 1.29 is 4.74 Å². The van der Waals surface area contributed by atoms with Gasteiger partial charge in [0.2, 0.25) is 0 Å². The number of hydrogen-bond donors (Lipinski definition) is 1. The lowest BCUT2D eigenvalue weighted by Crippen LogP contribution is -2.41. The quantitative estimate of drug-likeness (QED) is 0.885. The SMILES string of the molecule is CCNC1CCC(N(C)c2ccc(OC)cn2)CC1. The number of ether oxygens (including phenoxy) is 1. The van der Waals surface area contributed by atoms with Crippen molar-refractivity contribution in [3.8, 4) is 5.75 Å². The van der Waals surface area contributed by atoms with Crippen molar-refractivity contribution in [3.63, 3.8) is 0 Å². The standard InChI is InChI=1S/C15H25N3O/c1-4-16-12-5-7-13(8-6-12)18(2)15-10-9-14(19-3)11-17-15/h9-13,16H,4-8H2,1-3H3. The molecule has 1 aliphatic rings. The van der Waals surface area contributed by atoms with Gasteiger partial charge in [-0.1, -0.05) is 6.92 Å². The highest BCUT2D eigenvalue weighted by molar-refractivity contribution is 5.41. The van der Waals surface area contributed by atoms with Gasteiger partial charge in [0.1, 0.15) is 11.6 Å². The van der Waals surface area contributed by atoms with E-state index in [1.807, 2.05) is 12.1 Å². The smallest absolute Gasteiger partial charge is 0.137 e. The molecule has 1 aromatic rings. The summed E-state index contributed by atoms with van der Waals surface area (Å²) in [5.74, 6) is 1.85. The predicted octanol–water partition coefficient (Wildman–Crippen LogP) is 2.45. The minimum Gasteiger partial charge on any atom is -0.495 e. The first-order chi connectivity index (χ1) is 9.24. The number of hydrogen-bond acceptors (Lipinski definition) is 4. The summed E-state index contributed by atoms with van der Waals surface area (Å²) < 4.78 is 5.15. The van der Waals surface area contributed by atoms with E-state index in [2.05, 4.69) is 29.2 Å². The van der Waals surface area contributed by atoms with Crippen molar-refractivity contribution in [2.75, 3.05) is 25.6 Å². The van der Waals surface area contributed by atoms with Gasteiger partial charge in [-0.2, -0.15) is 0 Å². The second-order valence-electron chi connectivity index (χ2n) is 5.23. The summed E-state index contributed by atoms with van der Waals surface area (Å²) in [4.78, 5) is 6.77. The number of aromatic nitrogens is 1. The lowest BCUT2D eigenvalue weighted by molar-refractivity contribution is 0.340. The van der Waals surface area contributed by atoms with Crippen LogP contribution >= 0.6 is 0 Å². The Labute approximate surface area is 116 Å². The van der Waals surface area contributed by atoms with Gasteiger partial charge in [-0.15, -0.1) is 0 Å². The first-order valence-electron chi connectivity index (χ1n) is 7.20. The average Bonchev–Trinajstić information content (AvgIpc) is 2.48. The van der Waals surface area contributed by atoms with E-state index in [1.54, 1.807) is 13.3 Å². The number of rotatable bonds is 5. The first-order valence-corrected chi connectivity index (χ1v) is 7.20. The maximum absolute atomic E-state index is 5.15. The molecule has 0 atom stereocenters. The van der Waals surface area contributed by atoms with Crippen molar-refractivity contribution >= 4 is 5.82 Å². The average molecular weight is 263 g/mol. The van der Waals surface area contributed by atoms with E-state index in [-0.39, 0.29) is 0 Å². The molecule has 1 heterocycles. The van der Waals surface area contributed by atoms with Crippen molar-refractivity contribution in [2.45, 2.75) is 44.7 Å². The maximum Gasteiger partial charge on any atom is 0.137 e. The van der Waals surface area contributed by atoms with Crippen LogP contribution in [-0.2, 0) is 0 Å². The molecule has 0 saturated heterocycles. The molecule has 1 aliphatic carbocycles. The van der Waals surface area contributed by atoms with Crippen LogP contribution < -0.4 is 15.0 Å². The Morgan fingerprint density at radius 2 is 2.05 bits per heavy atom. The van der Waals surface area contributed by atoms with E-state index in [1.165, 1.54) is 25.7 Å². The zero-order chi connectivity index (χ0) is 13.7. The maximum atomic E-state index is 5.15. The van der Waals surface area contributed by atoms with E-state index < -0.39 is 0 Å². The molecule has 0 amide bonds. The Hall–Kier alpha value is -1.29. The molecule has 1 saturated carbocycles. The molecule has 2 rings (SSSR count). The van der Waals surface area contributed by atoms with Crippen LogP contribution in [-0.4, -0.2) is 37.8 Å².